The maximum absolute atomic E-state index is 11.5. The monoisotopic (exact) mass is 282 g/mol. The average Bonchev–Trinajstić information content (AvgIpc) is 2.45. The summed E-state index contributed by atoms with van der Waals surface area (Å²) in [4.78, 5) is 11.5. The van der Waals surface area contributed by atoms with Crippen molar-refractivity contribution in [2.24, 2.45) is 0 Å². The quantitative estimate of drug-likeness (QED) is 0.714. The Kier molecular flexibility index (Phi) is 7.36. The van der Waals surface area contributed by atoms with E-state index in [1.54, 1.807) is 11.8 Å². The van der Waals surface area contributed by atoms with Crippen LogP contribution >= 0.6 is 11.8 Å². The number of carbonyl (C=O) groups is 1. The largest absolute Gasteiger partial charge is 0.392 e. The second-order valence-corrected chi connectivity index (χ2v) is 5.68. The van der Waals surface area contributed by atoms with E-state index in [1.807, 2.05) is 30.5 Å². The Hall–Kier alpha value is -1.20. The Morgan fingerprint density at radius 3 is 2.47 bits per heavy atom. The highest BCUT2D eigenvalue weighted by Gasteiger charge is 2.03. The topological polar surface area (TPSA) is 61.4 Å². The molecule has 5 heteroatoms. The number of benzene rings is 1. The number of thioether (sulfide) groups is 1. The van der Waals surface area contributed by atoms with Crippen LogP contribution in [-0.2, 0) is 13.0 Å². The van der Waals surface area contributed by atoms with E-state index in [9.17, 15) is 4.79 Å². The van der Waals surface area contributed by atoms with E-state index in [-0.39, 0.29) is 12.6 Å². The fourth-order valence-corrected chi connectivity index (χ4v) is 1.76. The zero-order valence-corrected chi connectivity index (χ0v) is 12.3. The third-order valence-corrected chi connectivity index (χ3v) is 3.83. The van der Waals surface area contributed by atoms with Crippen LogP contribution in [0.25, 0.3) is 0 Å². The molecular weight excluding hydrogens is 260 g/mol. The van der Waals surface area contributed by atoms with Crippen molar-refractivity contribution >= 4 is 17.8 Å². The minimum atomic E-state index is -0.118. The van der Waals surface area contributed by atoms with E-state index in [1.165, 1.54) is 0 Å². The highest BCUT2D eigenvalue weighted by atomic mass is 32.2. The molecule has 3 N–H and O–H groups in total. The van der Waals surface area contributed by atoms with Crippen molar-refractivity contribution in [3.8, 4) is 0 Å². The average molecular weight is 282 g/mol. The van der Waals surface area contributed by atoms with Gasteiger partial charge in [-0.25, -0.2) is 4.79 Å². The summed E-state index contributed by atoms with van der Waals surface area (Å²) < 4.78 is 0. The lowest BCUT2D eigenvalue weighted by Crippen LogP contribution is -2.39. The molecule has 0 saturated carbocycles. The molecule has 19 heavy (non-hydrogen) atoms. The van der Waals surface area contributed by atoms with Gasteiger partial charge < -0.3 is 15.7 Å². The zero-order chi connectivity index (χ0) is 14.1. The predicted molar refractivity (Wildman–Crippen MR) is 80.4 cm³/mol. The van der Waals surface area contributed by atoms with E-state index < -0.39 is 0 Å². The van der Waals surface area contributed by atoms with Gasteiger partial charge in [-0.3, -0.25) is 0 Å². The second kappa shape index (κ2) is 8.82. The molecule has 1 aromatic carbocycles. The van der Waals surface area contributed by atoms with Crippen LogP contribution in [0.1, 0.15) is 18.1 Å². The molecule has 0 saturated heterocycles. The smallest absolute Gasteiger partial charge is 0.314 e. The molecule has 0 aromatic heterocycles. The standard InChI is InChI=1S/C14H22N2O2S/c1-11(19-2)9-16-14(18)15-8-7-12-3-5-13(10-17)6-4-12/h3-6,11,17H,7-10H2,1-2H3,(H2,15,16,18). The van der Waals surface area contributed by atoms with Gasteiger partial charge in [0.15, 0.2) is 0 Å². The minimum absolute atomic E-state index is 0.0640. The van der Waals surface area contributed by atoms with Crippen LogP contribution in [-0.4, -0.2) is 35.7 Å². The van der Waals surface area contributed by atoms with Gasteiger partial charge >= 0.3 is 6.03 Å². The number of amides is 2. The van der Waals surface area contributed by atoms with E-state index in [0.717, 1.165) is 17.5 Å². The second-order valence-electron chi connectivity index (χ2n) is 4.41. The summed E-state index contributed by atoms with van der Waals surface area (Å²) in [7, 11) is 0. The molecule has 1 atom stereocenters. The molecule has 0 radical (unpaired) electrons. The van der Waals surface area contributed by atoms with Gasteiger partial charge in [0.05, 0.1) is 6.61 Å². The number of hydrogen-bond donors (Lipinski definition) is 3. The summed E-state index contributed by atoms with van der Waals surface area (Å²) in [5.74, 6) is 0. The lowest BCUT2D eigenvalue weighted by molar-refractivity contribution is 0.241. The first kappa shape index (κ1) is 15.9. The number of carbonyl (C=O) groups excluding carboxylic acids is 1. The van der Waals surface area contributed by atoms with E-state index >= 15 is 0 Å². The highest BCUT2D eigenvalue weighted by molar-refractivity contribution is 7.99. The van der Waals surface area contributed by atoms with E-state index in [2.05, 4.69) is 17.6 Å². The highest BCUT2D eigenvalue weighted by Crippen LogP contribution is 2.04. The molecule has 1 unspecified atom stereocenters. The number of aliphatic hydroxyl groups is 1. The van der Waals surface area contributed by atoms with Crippen molar-refractivity contribution in [1.82, 2.24) is 10.6 Å². The fraction of sp³-hybridized carbons (Fsp3) is 0.500. The van der Waals surface area contributed by atoms with Crippen molar-refractivity contribution in [2.45, 2.75) is 25.2 Å². The molecule has 4 nitrogen and oxygen atoms in total. The lowest BCUT2D eigenvalue weighted by Gasteiger charge is -2.11. The molecular formula is C14H22N2O2S. The molecule has 2 amide bonds. The van der Waals surface area contributed by atoms with Gasteiger partial charge in [-0.2, -0.15) is 11.8 Å². The first-order chi connectivity index (χ1) is 9.15. The van der Waals surface area contributed by atoms with Crippen LogP contribution in [0.2, 0.25) is 0 Å². The molecule has 1 rings (SSSR count). The van der Waals surface area contributed by atoms with Gasteiger partial charge in [0, 0.05) is 18.3 Å². The Bertz CT molecular complexity index is 382. The molecule has 1 aromatic rings. The van der Waals surface area contributed by atoms with Crippen molar-refractivity contribution < 1.29 is 9.90 Å². The Balaban J connectivity index is 2.20. The molecule has 0 spiro atoms. The number of hydrogen-bond acceptors (Lipinski definition) is 3. The van der Waals surface area contributed by atoms with Crippen LogP contribution in [0, 0.1) is 0 Å². The number of urea groups is 1. The molecule has 0 bridgehead atoms. The van der Waals surface area contributed by atoms with Crippen molar-refractivity contribution in [2.75, 3.05) is 19.3 Å². The Morgan fingerprint density at radius 1 is 1.26 bits per heavy atom. The van der Waals surface area contributed by atoms with Gasteiger partial charge in [-0.1, -0.05) is 31.2 Å². The molecule has 106 valence electrons. The van der Waals surface area contributed by atoms with Crippen LogP contribution in [0.3, 0.4) is 0 Å². The molecule has 0 heterocycles. The van der Waals surface area contributed by atoms with Gasteiger partial charge in [-0.15, -0.1) is 0 Å². The first-order valence-electron chi connectivity index (χ1n) is 6.39. The zero-order valence-electron chi connectivity index (χ0n) is 11.5. The van der Waals surface area contributed by atoms with E-state index in [0.29, 0.717) is 18.3 Å². The molecule has 0 aliphatic carbocycles. The van der Waals surface area contributed by atoms with Gasteiger partial charge in [0.1, 0.15) is 0 Å². The predicted octanol–water partition coefficient (Wildman–Crippen LogP) is 1.77. The van der Waals surface area contributed by atoms with Crippen LogP contribution in [0.4, 0.5) is 4.79 Å². The summed E-state index contributed by atoms with van der Waals surface area (Å²) in [6.07, 6.45) is 2.82. The fourth-order valence-electron chi connectivity index (χ4n) is 1.51. The van der Waals surface area contributed by atoms with Gasteiger partial charge in [0.25, 0.3) is 0 Å². The van der Waals surface area contributed by atoms with Crippen LogP contribution in [0.15, 0.2) is 24.3 Å². The number of nitrogens with one attached hydrogen (secondary N) is 2. The third-order valence-electron chi connectivity index (χ3n) is 2.86. The minimum Gasteiger partial charge on any atom is -0.392 e. The Morgan fingerprint density at radius 2 is 1.89 bits per heavy atom. The summed E-state index contributed by atoms with van der Waals surface area (Å²) in [5, 5.41) is 15.0. The summed E-state index contributed by atoms with van der Waals surface area (Å²) in [5.41, 5.74) is 2.05. The first-order valence-corrected chi connectivity index (χ1v) is 7.67. The van der Waals surface area contributed by atoms with Crippen LogP contribution < -0.4 is 10.6 Å². The normalized spacial score (nSPS) is 11.9. The maximum atomic E-state index is 11.5. The van der Waals surface area contributed by atoms with Crippen LogP contribution in [0.5, 0.6) is 0 Å². The van der Waals surface area contributed by atoms with Crippen molar-refractivity contribution in [3.63, 3.8) is 0 Å². The van der Waals surface area contributed by atoms with Gasteiger partial charge in [-0.05, 0) is 23.8 Å². The summed E-state index contributed by atoms with van der Waals surface area (Å²) in [6.45, 7) is 3.43. The summed E-state index contributed by atoms with van der Waals surface area (Å²) in [6, 6.07) is 7.63. The summed E-state index contributed by atoms with van der Waals surface area (Å²) >= 11 is 1.73. The van der Waals surface area contributed by atoms with E-state index in [4.69, 9.17) is 5.11 Å². The third kappa shape index (κ3) is 6.50. The lowest BCUT2D eigenvalue weighted by atomic mass is 10.1. The molecule has 0 aliphatic rings. The van der Waals surface area contributed by atoms with Crippen molar-refractivity contribution in [3.05, 3.63) is 35.4 Å². The SMILES string of the molecule is CSC(C)CNC(=O)NCCc1ccc(CO)cc1. The maximum Gasteiger partial charge on any atom is 0.314 e. The van der Waals surface area contributed by atoms with Crippen molar-refractivity contribution in [1.29, 1.82) is 0 Å². The molecule has 0 aliphatic heterocycles. The molecule has 0 fully saturated rings. The van der Waals surface area contributed by atoms with Gasteiger partial charge in [0.2, 0.25) is 0 Å². The number of rotatable bonds is 7. The Labute approximate surface area is 119 Å². The number of aliphatic hydroxyl groups excluding tert-OH is 1.